The van der Waals surface area contributed by atoms with Crippen LogP contribution in [0.2, 0.25) is 0 Å². The Labute approximate surface area is 75.1 Å². The Bertz CT molecular complexity index is 216. The fourth-order valence-corrected chi connectivity index (χ4v) is 1.06. The number of aliphatic hydroxyl groups excluding tert-OH is 1. The molecule has 1 aromatic rings. The van der Waals surface area contributed by atoms with Crippen LogP contribution in [0.15, 0.2) is 24.3 Å². The van der Waals surface area contributed by atoms with Gasteiger partial charge in [0.25, 0.3) is 0 Å². The molecule has 0 amide bonds. The number of benzene rings is 1. The topological polar surface area (TPSA) is 20.2 Å². The highest BCUT2D eigenvalue weighted by molar-refractivity contribution is 5.26. The fraction of sp³-hybridized carbons (Fsp3) is 0.455. The molecule has 1 N–H and O–H groups in total. The van der Waals surface area contributed by atoms with Gasteiger partial charge < -0.3 is 5.11 Å². The van der Waals surface area contributed by atoms with Crippen molar-refractivity contribution in [2.45, 2.75) is 33.8 Å². The van der Waals surface area contributed by atoms with Gasteiger partial charge in [0.2, 0.25) is 0 Å². The molecule has 0 aromatic heterocycles. The summed E-state index contributed by atoms with van der Waals surface area (Å²) in [4.78, 5) is 0. The summed E-state index contributed by atoms with van der Waals surface area (Å²) in [6.45, 7) is 7.78. The van der Waals surface area contributed by atoms with E-state index >= 15 is 0 Å². The summed E-state index contributed by atoms with van der Waals surface area (Å²) < 4.78 is 0. The molecule has 0 bridgehead atoms. The Hall–Kier alpha value is -0.820. The molecule has 0 heterocycles. The molecule has 12 heavy (non-hydrogen) atoms. The Morgan fingerprint density at radius 2 is 1.67 bits per heavy atom. The molecule has 0 saturated heterocycles. The van der Waals surface area contributed by atoms with Gasteiger partial charge in [0.15, 0.2) is 0 Å². The monoisotopic (exact) mass is 166 g/mol. The third kappa shape index (κ3) is 3.05. The molecule has 0 aliphatic carbocycles. The molecule has 0 aliphatic rings. The summed E-state index contributed by atoms with van der Waals surface area (Å²) in [6.07, 6.45) is -0.346. The minimum absolute atomic E-state index is 0.346. The fourth-order valence-electron chi connectivity index (χ4n) is 1.06. The largest absolute Gasteiger partial charge is 0.389 e. The van der Waals surface area contributed by atoms with Crippen molar-refractivity contribution < 1.29 is 5.11 Å². The van der Waals surface area contributed by atoms with Crippen molar-refractivity contribution in [1.82, 2.24) is 0 Å². The van der Waals surface area contributed by atoms with Gasteiger partial charge in [-0.1, -0.05) is 38.1 Å². The number of hydrogen-bond acceptors (Lipinski definition) is 1. The van der Waals surface area contributed by atoms with Gasteiger partial charge in [0.1, 0.15) is 0 Å². The quantitative estimate of drug-likeness (QED) is 0.679. The van der Waals surface area contributed by atoms with Crippen molar-refractivity contribution >= 4 is 0 Å². The first-order valence-electron chi connectivity index (χ1n) is 4.45. The lowest BCUT2D eigenvalue weighted by molar-refractivity contribution is 0.198. The number of rotatable bonds is 1. The van der Waals surface area contributed by atoms with Gasteiger partial charge in [-0.15, -0.1) is 0 Å². The van der Waals surface area contributed by atoms with E-state index in [-0.39, 0.29) is 6.10 Å². The van der Waals surface area contributed by atoms with Crippen LogP contribution >= 0.6 is 0 Å². The molecule has 1 atom stereocenters. The van der Waals surface area contributed by atoms with E-state index in [1.807, 2.05) is 45.0 Å². The van der Waals surface area contributed by atoms with Crippen LogP contribution < -0.4 is 0 Å². The van der Waals surface area contributed by atoms with Crippen LogP contribution in [0.25, 0.3) is 0 Å². The smallest absolute Gasteiger partial charge is 0.0764 e. The van der Waals surface area contributed by atoms with Crippen LogP contribution in [0, 0.1) is 6.92 Å². The molecular weight excluding hydrogens is 148 g/mol. The molecule has 0 radical (unpaired) electrons. The third-order valence-electron chi connectivity index (χ3n) is 1.64. The predicted molar refractivity (Wildman–Crippen MR) is 53.2 cm³/mol. The maximum absolute atomic E-state index is 9.20. The van der Waals surface area contributed by atoms with E-state index in [0.717, 1.165) is 11.1 Å². The number of aliphatic hydroxyl groups is 1. The summed E-state index contributed by atoms with van der Waals surface area (Å²) in [6, 6.07) is 7.86. The molecule has 0 saturated carbocycles. The van der Waals surface area contributed by atoms with Crippen LogP contribution in [0.1, 0.15) is 38.0 Å². The average Bonchev–Trinajstić information content (AvgIpc) is 2.08. The molecule has 1 aromatic carbocycles. The van der Waals surface area contributed by atoms with Crippen LogP contribution in [-0.2, 0) is 0 Å². The van der Waals surface area contributed by atoms with E-state index in [2.05, 4.69) is 0 Å². The second-order valence-electron chi connectivity index (χ2n) is 2.53. The van der Waals surface area contributed by atoms with Crippen LogP contribution in [0.5, 0.6) is 0 Å². The van der Waals surface area contributed by atoms with Crippen molar-refractivity contribution in [3.8, 4) is 0 Å². The summed E-state index contributed by atoms with van der Waals surface area (Å²) in [5.74, 6) is 0. The van der Waals surface area contributed by atoms with Crippen molar-refractivity contribution in [3.05, 3.63) is 35.4 Å². The van der Waals surface area contributed by atoms with E-state index in [0.29, 0.717) is 0 Å². The first kappa shape index (κ1) is 11.2. The Morgan fingerprint density at radius 3 is 2.00 bits per heavy atom. The Balaban J connectivity index is 0.000000561. The maximum atomic E-state index is 9.20. The minimum Gasteiger partial charge on any atom is -0.389 e. The molecule has 0 aliphatic heterocycles. The normalized spacial score (nSPS) is 11.4. The predicted octanol–water partition coefficient (Wildman–Crippen LogP) is 3.07. The molecule has 1 nitrogen and oxygen atoms in total. The summed E-state index contributed by atoms with van der Waals surface area (Å²) in [5, 5.41) is 9.20. The van der Waals surface area contributed by atoms with Gasteiger partial charge in [-0.2, -0.15) is 0 Å². The highest BCUT2D eigenvalue weighted by atomic mass is 16.3. The number of aryl methyl sites for hydroxylation is 1. The van der Waals surface area contributed by atoms with Gasteiger partial charge in [-0.3, -0.25) is 0 Å². The van der Waals surface area contributed by atoms with Crippen molar-refractivity contribution in [3.63, 3.8) is 0 Å². The standard InChI is InChI=1S/C9H12O.C2H6/c1-7-5-3-4-6-9(7)8(2)10;1-2/h3-6,8,10H,1-2H3;1-2H3. The third-order valence-corrected chi connectivity index (χ3v) is 1.64. The molecule has 0 spiro atoms. The van der Waals surface area contributed by atoms with Gasteiger partial charge >= 0.3 is 0 Å². The van der Waals surface area contributed by atoms with Gasteiger partial charge in [0, 0.05) is 0 Å². The van der Waals surface area contributed by atoms with E-state index in [9.17, 15) is 5.11 Å². The van der Waals surface area contributed by atoms with Gasteiger partial charge in [-0.05, 0) is 25.0 Å². The highest BCUT2D eigenvalue weighted by Crippen LogP contribution is 2.15. The maximum Gasteiger partial charge on any atom is 0.0764 e. The second kappa shape index (κ2) is 5.78. The first-order chi connectivity index (χ1) is 5.72. The van der Waals surface area contributed by atoms with Crippen molar-refractivity contribution in [1.29, 1.82) is 0 Å². The van der Waals surface area contributed by atoms with E-state index in [1.165, 1.54) is 0 Å². The minimum atomic E-state index is -0.346. The molecule has 1 unspecified atom stereocenters. The van der Waals surface area contributed by atoms with E-state index in [4.69, 9.17) is 0 Å². The molecule has 1 rings (SSSR count). The van der Waals surface area contributed by atoms with Crippen LogP contribution in [-0.4, -0.2) is 5.11 Å². The zero-order valence-electron chi connectivity index (χ0n) is 8.33. The SMILES string of the molecule is CC.Cc1ccccc1C(C)O. The Morgan fingerprint density at radius 1 is 1.17 bits per heavy atom. The van der Waals surface area contributed by atoms with E-state index < -0.39 is 0 Å². The lowest BCUT2D eigenvalue weighted by Gasteiger charge is -2.06. The molecular formula is C11H18O. The lowest BCUT2D eigenvalue weighted by Crippen LogP contribution is -1.92. The summed E-state index contributed by atoms with van der Waals surface area (Å²) in [7, 11) is 0. The number of hydrogen-bond donors (Lipinski definition) is 1. The Kier molecular flexibility index (Phi) is 5.39. The zero-order chi connectivity index (χ0) is 9.56. The first-order valence-corrected chi connectivity index (χ1v) is 4.45. The molecule has 68 valence electrons. The van der Waals surface area contributed by atoms with Crippen LogP contribution in [0.3, 0.4) is 0 Å². The van der Waals surface area contributed by atoms with E-state index in [1.54, 1.807) is 6.92 Å². The lowest BCUT2D eigenvalue weighted by atomic mass is 10.1. The summed E-state index contributed by atoms with van der Waals surface area (Å²) in [5.41, 5.74) is 2.17. The molecule has 0 fully saturated rings. The highest BCUT2D eigenvalue weighted by Gasteiger charge is 2.01. The van der Waals surface area contributed by atoms with Gasteiger partial charge in [0.05, 0.1) is 6.10 Å². The van der Waals surface area contributed by atoms with Crippen molar-refractivity contribution in [2.24, 2.45) is 0 Å². The van der Waals surface area contributed by atoms with Crippen molar-refractivity contribution in [2.75, 3.05) is 0 Å². The molecule has 1 heteroatoms. The average molecular weight is 166 g/mol. The summed E-state index contributed by atoms with van der Waals surface area (Å²) >= 11 is 0. The van der Waals surface area contributed by atoms with Crippen LogP contribution in [0.4, 0.5) is 0 Å². The second-order valence-corrected chi connectivity index (χ2v) is 2.53. The zero-order valence-corrected chi connectivity index (χ0v) is 8.33. The van der Waals surface area contributed by atoms with Gasteiger partial charge in [-0.25, -0.2) is 0 Å².